The summed E-state index contributed by atoms with van der Waals surface area (Å²) < 4.78 is 1.66. The molecule has 0 aliphatic rings. The molecule has 0 saturated carbocycles. The lowest BCUT2D eigenvalue weighted by Crippen LogP contribution is -2.39. The van der Waals surface area contributed by atoms with E-state index < -0.39 is 6.04 Å². The van der Waals surface area contributed by atoms with Crippen LogP contribution >= 0.6 is 0 Å². The first-order valence-corrected chi connectivity index (χ1v) is 11.9. The Morgan fingerprint density at radius 1 is 0.941 bits per heavy atom. The number of carbonyl (C=O) groups is 1. The Bertz CT molecular complexity index is 1340. The smallest absolute Gasteiger partial charge is 0.266 e. The first kappa shape index (κ1) is 23.4. The standard InChI is InChI=1S/C29H31N3O2/c1-5-24(22-12-8-7-9-13-22)28(33)31(6-2)21(4)27-30-26-15-11-10-14-25(26)29(34)32(27)23-18-16-20(3)17-19-23/h7-19,21,24H,5-6H2,1-4H3. The fraction of sp³-hybridized carbons (Fsp3) is 0.276. The molecule has 2 unspecified atom stereocenters. The van der Waals surface area contributed by atoms with Crippen molar-refractivity contribution < 1.29 is 4.79 Å². The summed E-state index contributed by atoms with van der Waals surface area (Å²) in [6, 6.07) is 24.7. The minimum absolute atomic E-state index is 0.0431. The van der Waals surface area contributed by atoms with Crippen molar-refractivity contribution >= 4 is 16.8 Å². The molecule has 5 nitrogen and oxygen atoms in total. The number of para-hydroxylation sites is 1. The number of carbonyl (C=O) groups excluding carboxylic acids is 1. The van der Waals surface area contributed by atoms with E-state index in [4.69, 9.17) is 4.98 Å². The molecule has 4 rings (SSSR count). The molecule has 1 heterocycles. The molecule has 0 N–H and O–H groups in total. The predicted molar refractivity (Wildman–Crippen MR) is 137 cm³/mol. The average Bonchev–Trinajstić information content (AvgIpc) is 2.86. The maximum absolute atomic E-state index is 13.8. The van der Waals surface area contributed by atoms with Gasteiger partial charge in [0.1, 0.15) is 5.82 Å². The lowest BCUT2D eigenvalue weighted by Gasteiger charge is -2.32. The molecule has 34 heavy (non-hydrogen) atoms. The van der Waals surface area contributed by atoms with Gasteiger partial charge in [-0.05, 0) is 57.0 Å². The number of hydrogen-bond donors (Lipinski definition) is 0. The molecule has 0 bridgehead atoms. The zero-order valence-corrected chi connectivity index (χ0v) is 20.2. The third-order valence-corrected chi connectivity index (χ3v) is 6.47. The van der Waals surface area contributed by atoms with Gasteiger partial charge in [-0.25, -0.2) is 4.98 Å². The summed E-state index contributed by atoms with van der Waals surface area (Å²) in [6.07, 6.45) is 0.696. The lowest BCUT2D eigenvalue weighted by molar-refractivity contribution is -0.135. The molecule has 0 fully saturated rings. The van der Waals surface area contributed by atoms with E-state index in [1.165, 1.54) is 0 Å². The molecule has 0 saturated heterocycles. The van der Waals surface area contributed by atoms with Gasteiger partial charge < -0.3 is 4.90 Å². The van der Waals surface area contributed by atoms with Crippen molar-refractivity contribution in [2.24, 2.45) is 0 Å². The second-order valence-electron chi connectivity index (χ2n) is 8.64. The fourth-order valence-corrected chi connectivity index (χ4v) is 4.57. The number of rotatable bonds is 7. The Kier molecular flexibility index (Phi) is 6.92. The van der Waals surface area contributed by atoms with E-state index in [0.717, 1.165) is 16.8 Å². The maximum atomic E-state index is 13.8. The Hall–Kier alpha value is -3.73. The summed E-state index contributed by atoms with van der Waals surface area (Å²) in [6.45, 7) is 8.49. The van der Waals surface area contributed by atoms with Crippen molar-refractivity contribution in [3.8, 4) is 5.69 Å². The number of nitrogens with zero attached hydrogens (tertiary/aromatic N) is 3. The van der Waals surface area contributed by atoms with Crippen molar-refractivity contribution in [1.82, 2.24) is 14.5 Å². The van der Waals surface area contributed by atoms with E-state index in [9.17, 15) is 9.59 Å². The van der Waals surface area contributed by atoms with Gasteiger partial charge in [-0.2, -0.15) is 0 Å². The number of fused-ring (bicyclic) bond motifs is 1. The number of likely N-dealkylation sites (N-methyl/N-ethyl adjacent to an activating group) is 1. The van der Waals surface area contributed by atoms with E-state index in [-0.39, 0.29) is 17.4 Å². The fourth-order valence-electron chi connectivity index (χ4n) is 4.57. The SMILES string of the molecule is CCC(C(=O)N(CC)C(C)c1nc2ccccc2c(=O)n1-c1ccc(C)cc1)c1ccccc1. The van der Waals surface area contributed by atoms with E-state index in [1.807, 2.05) is 105 Å². The van der Waals surface area contributed by atoms with Crippen molar-refractivity contribution in [2.75, 3.05) is 6.54 Å². The highest BCUT2D eigenvalue weighted by Gasteiger charge is 2.30. The van der Waals surface area contributed by atoms with Gasteiger partial charge in [0.05, 0.1) is 28.6 Å². The maximum Gasteiger partial charge on any atom is 0.266 e. The van der Waals surface area contributed by atoms with Crippen LogP contribution in [0.5, 0.6) is 0 Å². The van der Waals surface area contributed by atoms with Gasteiger partial charge in [-0.15, -0.1) is 0 Å². The minimum atomic E-state index is -0.395. The van der Waals surface area contributed by atoms with Crippen molar-refractivity contribution in [3.05, 3.63) is 106 Å². The number of hydrogen-bond acceptors (Lipinski definition) is 3. The predicted octanol–water partition coefficient (Wildman–Crippen LogP) is 5.80. The van der Waals surface area contributed by atoms with Crippen molar-refractivity contribution in [1.29, 1.82) is 0 Å². The zero-order valence-electron chi connectivity index (χ0n) is 20.2. The quantitative estimate of drug-likeness (QED) is 0.355. The monoisotopic (exact) mass is 453 g/mol. The molecule has 5 heteroatoms. The first-order chi connectivity index (χ1) is 16.5. The highest BCUT2D eigenvalue weighted by molar-refractivity contribution is 5.84. The van der Waals surface area contributed by atoms with Crippen LogP contribution in [0.2, 0.25) is 0 Å². The van der Waals surface area contributed by atoms with Gasteiger partial charge in [-0.3, -0.25) is 14.2 Å². The van der Waals surface area contributed by atoms with Crippen LogP contribution in [0.1, 0.15) is 56.1 Å². The molecule has 0 aliphatic heterocycles. The van der Waals surface area contributed by atoms with E-state index in [1.54, 1.807) is 10.6 Å². The molecule has 4 aromatic rings. The van der Waals surface area contributed by atoms with Gasteiger partial charge in [0.15, 0.2) is 0 Å². The molecule has 0 spiro atoms. The normalized spacial score (nSPS) is 12.9. The Morgan fingerprint density at radius 2 is 1.59 bits per heavy atom. The van der Waals surface area contributed by atoms with Gasteiger partial charge in [0, 0.05) is 6.54 Å². The van der Waals surface area contributed by atoms with Crippen molar-refractivity contribution in [3.63, 3.8) is 0 Å². The van der Waals surface area contributed by atoms with Crippen molar-refractivity contribution in [2.45, 2.75) is 46.1 Å². The average molecular weight is 454 g/mol. The lowest BCUT2D eigenvalue weighted by atomic mass is 9.94. The van der Waals surface area contributed by atoms with E-state index in [2.05, 4.69) is 0 Å². The molecule has 3 aromatic carbocycles. The molecule has 2 atom stereocenters. The van der Waals surface area contributed by atoms with Gasteiger partial charge in [-0.1, -0.05) is 67.1 Å². The Labute approximate surface area is 200 Å². The summed E-state index contributed by atoms with van der Waals surface area (Å²) in [4.78, 5) is 34.2. The van der Waals surface area contributed by atoms with Crippen LogP contribution in [0, 0.1) is 6.92 Å². The summed E-state index contributed by atoms with van der Waals surface area (Å²) in [5.74, 6) is 0.357. The summed E-state index contributed by atoms with van der Waals surface area (Å²) >= 11 is 0. The summed E-state index contributed by atoms with van der Waals surface area (Å²) in [7, 11) is 0. The van der Waals surface area contributed by atoms with Crippen LogP contribution in [-0.4, -0.2) is 26.9 Å². The number of aromatic nitrogens is 2. The molecule has 0 radical (unpaired) electrons. The van der Waals surface area contributed by atoms with Gasteiger partial charge in [0.2, 0.25) is 5.91 Å². The van der Waals surface area contributed by atoms with Gasteiger partial charge >= 0.3 is 0 Å². The van der Waals surface area contributed by atoms with E-state index >= 15 is 0 Å². The van der Waals surface area contributed by atoms with E-state index in [0.29, 0.717) is 29.7 Å². The molecular weight excluding hydrogens is 422 g/mol. The molecule has 174 valence electrons. The van der Waals surface area contributed by atoms with Crippen LogP contribution in [0.15, 0.2) is 83.7 Å². The second-order valence-corrected chi connectivity index (χ2v) is 8.64. The molecule has 0 aliphatic carbocycles. The topological polar surface area (TPSA) is 55.2 Å². The Balaban J connectivity index is 1.85. The third-order valence-electron chi connectivity index (χ3n) is 6.47. The summed E-state index contributed by atoms with van der Waals surface area (Å²) in [5, 5.41) is 0.559. The van der Waals surface area contributed by atoms with Crippen LogP contribution < -0.4 is 5.56 Å². The first-order valence-electron chi connectivity index (χ1n) is 11.9. The Morgan fingerprint density at radius 3 is 2.24 bits per heavy atom. The third kappa shape index (κ3) is 4.38. The molecule has 1 amide bonds. The van der Waals surface area contributed by atoms with Crippen LogP contribution in [0.4, 0.5) is 0 Å². The van der Waals surface area contributed by atoms with Crippen LogP contribution in [0.25, 0.3) is 16.6 Å². The number of aryl methyl sites for hydroxylation is 1. The largest absolute Gasteiger partial charge is 0.333 e. The molecular formula is C29H31N3O2. The zero-order chi connectivity index (χ0) is 24.2. The number of benzene rings is 3. The van der Waals surface area contributed by atoms with Crippen LogP contribution in [0.3, 0.4) is 0 Å². The molecule has 1 aromatic heterocycles. The number of amides is 1. The highest BCUT2D eigenvalue weighted by atomic mass is 16.2. The summed E-state index contributed by atoms with van der Waals surface area (Å²) in [5.41, 5.74) is 3.36. The highest BCUT2D eigenvalue weighted by Crippen LogP contribution is 2.28. The van der Waals surface area contributed by atoms with Gasteiger partial charge in [0.25, 0.3) is 5.56 Å². The second kappa shape index (κ2) is 10.0. The van der Waals surface area contributed by atoms with Crippen LogP contribution in [-0.2, 0) is 4.79 Å². The minimum Gasteiger partial charge on any atom is -0.333 e.